The van der Waals surface area contributed by atoms with E-state index in [1.807, 2.05) is 4.90 Å². The van der Waals surface area contributed by atoms with Crippen LogP contribution < -0.4 is 0 Å². The first kappa shape index (κ1) is 16.1. The number of hydrogen-bond acceptors (Lipinski definition) is 2. The molecule has 1 atom stereocenters. The van der Waals surface area contributed by atoms with Crippen LogP contribution in [-0.2, 0) is 10.2 Å². The van der Waals surface area contributed by atoms with Crippen LogP contribution in [0.5, 0.6) is 0 Å². The van der Waals surface area contributed by atoms with Crippen molar-refractivity contribution in [1.82, 2.24) is 4.90 Å². The molecule has 24 heavy (non-hydrogen) atoms. The molecule has 4 heteroatoms. The molecule has 0 bridgehead atoms. The Morgan fingerprint density at radius 2 is 1.92 bits per heavy atom. The van der Waals surface area contributed by atoms with Crippen LogP contribution in [0, 0.1) is 17.2 Å². The van der Waals surface area contributed by atoms with Crippen molar-refractivity contribution in [3.05, 3.63) is 35.6 Å². The Bertz CT molecular complexity index is 621. The van der Waals surface area contributed by atoms with Gasteiger partial charge in [-0.05, 0) is 55.7 Å². The van der Waals surface area contributed by atoms with Crippen LogP contribution in [0.15, 0.2) is 24.3 Å². The van der Waals surface area contributed by atoms with E-state index in [4.69, 9.17) is 0 Å². The van der Waals surface area contributed by atoms with Gasteiger partial charge in [-0.15, -0.1) is 0 Å². The number of halogens is 1. The van der Waals surface area contributed by atoms with Crippen molar-refractivity contribution in [2.45, 2.75) is 50.4 Å². The smallest absolute Gasteiger partial charge is 0.233 e. The average molecular weight is 331 g/mol. The molecule has 4 rings (SSSR count). The molecule has 3 aliphatic rings. The predicted molar refractivity (Wildman–Crippen MR) is 90.0 cm³/mol. The van der Waals surface area contributed by atoms with Gasteiger partial charge in [0.05, 0.1) is 12.0 Å². The third-order valence-electron chi connectivity index (χ3n) is 6.26. The lowest BCUT2D eigenvalue weighted by atomic mass is 9.76. The molecule has 1 amide bonds. The van der Waals surface area contributed by atoms with E-state index in [1.54, 1.807) is 12.1 Å². The highest BCUT2D eigenvalue weighted by molar-refractivity contribution is 5.91. The minimum atomic E-state index is -0.439. The van der Waals surface area contributed by atoms with Crippen LogP contribution in [0.3, 0.4) is 0 Å². The number of amides is 1. The van der Waals surface area contributed by atoms with Crippen LogP contribution in [0.25, 0.3) is 0 Å². The first-order valence-electron chi connectivity index (χ1n) is 9.23. The van der Waals surface area contributed by atoms with Crippen molar-refractivity contribution in [2.24, 2.45) is 11.3 Å². The van der Waals surface area contributed by atoms with Gasteiger partial charge < -0.3 is 10.0 Å². The Hall–Kier alpha value is -1.42. The topological polar surface area (TPSA) is 40.5 Å². The molecule has 1 aliphatic heterocycles. The molecule has 1 unspecified atom stereocenters. The van der Waals surface area contributed by atoms with Gasteiger partial charge >= 0.3 is 0 Å². The summed E-state index contributed by atoms with van der Waals surface area (Å²) in [6.07, 6.45) is 7.29. The fourth-order valence-corrected chi connectivity index (χ4v) is 4.50. The summed E-state index contributed by atoms with van der Waals surface area (Å²) in [4.78, 5) is 15.2. The van der Waals surface area contributed by atoms with Gasteiger partial charge in [0.25, 0.3) is 0 Å². The zero-order valence-corrected chi connectivity index (χ0v) is 14.1. The Kier molecular flexibility index (Phi) is 3.91. The molecular weight excluding hydrogens is 305 g/mol. The molecule has 130 valence electrons. The van der Waals surface area contributed by atoms with Crippen molar-refractivity contribution < 1.29 is 14.3 Å². The fraction of sp³-hybridized carbons (Fsp3) is 0.650. The van der Waals surface area contributed by atoms with E-state index in [9.17, 15) is 14.3 Å². The molecule has 1 aromatic rings. The number of benzene rings is 1. The average Bonchev–Trinajstić information content (AvgIpc) is 3.50. The van der Waals surface area contributed by atoms with Crippen LogP contribution >= 0.6 is 0 Å². The lowest BCUT2D eigenvalue weighted by Gasteiger charge is -2.43. The van der Waals surface area contributed by atoms with Crippen LogP contribution in [0.4, 0.5) is 4.39 Å². The maximum absolute atomic E-state index is 13.2. The summed E-state index contributed by atoms with van der Waals surface area (Å²) in [6.45, 7) is 1.65. The molecule has 0 aromatic heterocycles. The van der Waals surface area contributed by atoms with Crippen LogP contribution in [0.1, 0.15) is 50.5 Å². The molecule has 1 heterocycles. The minimum Gasteiger partial charge on any atom is -0.396 e. The Morgan fingerprint density at radius 1 is 1.21 bits per heavy atom. The number of carbonyl (C=O) groups excluding carboxylic acids is 1. The number of carbonyl (C=O) groups is 1. The quantitative estimate of drug-likeness (QED) is 0.900. The zero-order valence-electron chi connectivity index (χ0n) is 14.1. The second-order valence-corrected chi connectivity index (χ2v) is 8.22. The highest BCUT2D eigenvalue weighted by Gasteiger charge is 2.54. The van der Waals surface area contributed by atoms with Crippen molar-refractivity contribution in [1.29, 1.82) is 0 Å². The SMILES string of the molecule is O=C(N1CCCC(CO)(CC2CC2)C1)C1(c2ccc(F)cc2)CC1. The Labute approximate surface area is 142 Å². The number of rotatable bonds is 5. The van der Waals surface area contributed by atoms with E-state index in [2.05, 4.69) is 0 Å². The molecule has 1 aromatic carbocycles. The Morgan fingerprint density at radius 3 is 2.50 bits per heavy atom. The van der Waals surface area contributed by atoms with Gasteiger partial charge in [-0.25, -0.2) is 4.39 Å². The molecule has 3 nitrogen and oxygen atoms in total. The molecule has 0 radical (unpaired) electrons. The number of aliphatic hydroxyl groups excluding tert-OH is 1. The first-order valence-corrected chi connectivity index (χ1v) is 9.23. The van der Waals surface area contributed by atoms with Crippen molar-refractivity contribution >= 4 is 5.91 Å². The van der Waals surface area contributed by atoms with Gasteiger partial charge in [-0.3, -0.25) is 4.79 Å². The van der Waals surface area contributed by atoms with E-state index in [-0.39, 0.29) is 23.7 Å². The summed E-state index contributed by atoms with van der Waals surface area (Å²) in [6, 6.07) is 6.41. The monoisotopic (exact) mass is 331 g/mol. The maximum Gasteiger partial charge on any atom is 0.233 e. The van der Waals surface area contributed by atoms with Crippen molar-refractivity contribution in [3.63, 3.8) is 0 Å². The summed E-state index contributed by atoms with van der Waals surface area (Å²) in [5, 5.41) is 10.0. The molecule has 3 fully saturated rings. The van der Waals surface area contributed by atoms with E-state index >= 15 is 0 Å². The van der Waals surface area contributed by atoms with Gasteiger partial charge in [0.1, 0.15) is 5.82 Å². The van der Waals surface area contributed by atoms with Gasteiger partial charge in [-0.2, -0.15) is 0 Å². The van der Waals surface area contributed by atoms with Gasteiger partial charge in [0.15, 0.2) is 0 Å². The molecular formula is C20H26FNO2. The van der Waals surface area contributed by atoms with Crippen LogP contribution in [-0.4, -0.2) is 35.6 Å². The number of likely N-dealkylation sites (tertiary alicyclic amines) is 1. The second-order valence-electron chi connectivity index (χ2n) is 8.22. The number of hydrogen-bond donors (Lipinski definition) is 1. The van der Waals surface area contributed by atoms with E-state index in [0.717, 1.165) is 50.1 Å². The van der Waals surface area contributed by atoms with E-state index in [0.29, 0.717) is 6.54 Å². The third kappa shape index (κ3) is 2.85. The predicted octanol–water partition coefficient (Wildman–Crippen LogP) is 3.26. The highest BCUT2D eigenvalue weighted by Crippen LogP contribution is 2.51. The lowest BCUT2D eigenvalue weighted by molar-refractivity contribution is -0.138. The van der Waals surface area contributed by atoms with Crippen molar-refractivity contribution in [3.8, 4) is 0 Å². The largest absolute Gasteiger partial charge is 0.396 e. The normalized spacial score (nSPS) is 28.7. The maximum atomic E-state index is 13.2. The summed E-state index contributed by atoms with van der Waals surface area (Å²) in [5.41, 5.74) is 0.399. The highest BCUT2D eigenvalue weighted by atomic mass is 19.1. The Balaban J connectivity index is 1.52. The molecule has 1 saturated heterocycles. The first-order chi connectivity index (χ1) is 11.6. The van der Waals surface area contributed by atoms with Crippen molar-refractivity contribution in [2.75, 3.05) is 19.7 Å². The lowest BCUT2D eigenvalue weighted by Crippen LogP contribution is -2.51. The zero-order chi connectivity index (χ0) is 16.8. The van der Waals surface area contributed by atoms with E-state index < -0.39 is 5.41 Å². The van der Waals surface area contributed by atoms with Crippen LogP contribution in [0.2, 0.25) is 0 Å². The summed E-state index contributed by atoms with van der Waals surface area (Å²) in [5.74, 6) is 0.672. The fourth-order valence-electron chi connectivity index (χ4n) is 4.50. The second kappa shape index (κ2) is 5.83. The summed E-state index contributed by atoms with van der Waals surface area (Å²) < 4.78 is 13.2. The minimum absolute atomic E-state index is 0.103. The van der Waals surface area contributed by atoms with Gasteiger partial charge in [0, 0.05) is 18.5 Å². The third-order valence-corrected chi connectivity index (χ3v) is 6.26. The summed E-state index contributed by atoms with van der Waals surface area (Å²) >= 11 is 0. The van der Waals surface area contributed by atoms with Gasteiger partial charge in [-0.1, -0.05) is 25.0 Å². The molecule has 2 aliphatic carbocycles. The number of piperidine rings is 1. The summed E-state index contributed by atoms with van der Waals surface area (Å²) in [7, 11) is 0. The number of nitrogens with zero attached hydrogens (tertiary/aromatic N) is 1. The standard InChI is InChI=1S/C20H26FNO2/c21-17-6-4-16(5-7-17)20(9-10-20)18(24)22-11-1-8-19(13-22,14-23)12-15-2-3-15/h4-7,15,23H,1-3,8-14H2. The van der Waals surface area contributed by atoms with Gasteiger partial charge in [0.2, 0.25) is 5.91 Å². The molecule has 2 saturated carbocycles. The number of aliphatic hydroxyl groups is 1. The van der Waals surface area contributed by atoms with E-state index in [1.165, 1.54) is 25.0 Å². The molecule has 1 N–H and O–H groups in total. The molecule has 0 spiro atoms.